The smallest absolute Gasteiger partial charge is 0.274 e. The van der Waals surface area contributed by atoms with Gasteiger partial charge in [0.2, 0.25) is 5.49 Å². The Morgan fingerprint density at radius 3 is 2.50 bits per heavy atom. The van der Waals surface area contributed by atoms with Crippen LogP contribution in [0.2, 0.25) is 0 Å². The molecule has 0 amide bonds. The second kappa shape index (κ2) is 5.46. The molecule has 3 aliphatic carbocycles. The van der Waals surface area contributed by atoms with Crippen LogP contribution in [-0.4, -0.2) is 30.6 Å². The van der Waals surface area contributed by atoms with Crippen molar-refractivity contribution in [2.45, 2.75) is 61.3 Å². The molecule has 1 spiro atoms. The lowest BCUT2D eigenvalue weighted by Crippen LogP contribution is -2.54. The number of rotatable bonds is 2. The summed E-state index contributed by atoms with van der Waals surface area (Å²) in [4.78, 5) is 6.23. The molecule has 3 fully saturated rings. The standard InChI is InChI=1S/C23H25N6S/c1-16-2-4-17(5-3-16)30-15-29(30)13-6-18-20(29)25-14-19-26-27-21(28(18)19)22-7-10-23(24,11-8-22)12-9-22/h2-6,13-15H,7-12,24H2,1H3/q+1. The molecule has 1 aromatic carbocycles. The number of aryl methyl sites for hydroxylation is 1. The number of nitrogens with zero attached hydrogens (tertiary/aromatic N) is 5. The van der Waals surface area contributed by atoms with E-state index in [1.165, 1.54) is 10.5 Å². The lowest BCUT2D eigenvalue weighted by Gasteiger charge is -2.50. The molecule has 2 atom stereocenters. The Morgan fingerprint density at radius 1 is 1.03 bits per heavy atom. The van der Waals surface area contributed by atoms with Crippen LogP contribution >= 0.6 is 10.7 Å². The quantitative estimate of drug-likeness (QED) is 0.505. The van der Waals surface area contributed by atoms with Gasteiger partial charge in [-0.1, -0.05) is 17.7 Å². The van der Waals surface area contributed by atoms with E-state index >= 15 is 0 Å². The molecule has 3 aromatic rings. The number of fused-ring (bicyclic) bond motifs is 7. The van der Waals surface area contributed by atoms with E-state index in [0.29, 0.717) is 0 Å². The molecule has 2 aliphatic heterocycles. The number of hydrogen-bond acceptors (Lipinski definition) is 4. The molecule has 30 heavy (non-hydrogen) atoms. The third-order valence-corrected chi connectivity index (χ3v) is 9.95. The van der Waals surface area contributed by atoms with E-state index in [-0.39, 0.29) is 21.6 Å². The summed E-state index contributed by atoms with van der Waals surface area (Å²) in [5.41, 5.74) is 12.4. The zero-order chi connectivity index (χ0) is 20.1. The van der Waals surface area contributed by atoms with Crippen LogP contribution in [0.25, 0.3) is 11.7 Å². The molecule has 7 heteroatoms. The number of quaternary nitrogens is 1. The highest BCUT2D eigenvalue weighted by molar-refractivity contribution is 8.22. The number of aromatic nitrogens is 4. The average molecular weight is 418 g/mol. The van der Waals surface area contributed by atoms with Crippen LogP contribution in [0.4, 0.5) is 5.82 Å². The molecule has 2 aromatic heterocycles. The number of nitrogens with two attached hydrogens (primary N) is 1. The fourth-order valence-corrected chi connectivity index (χ4v) is 7.71. The predicted molar refractivity (Wildman–Crippen MR) is 121 cm³/mol. The zero-order valence-electron chi connectivity index (χ0n) is 17.1. The fourth-order valence-electron chi connectivity index (χ4n) is 5.75. The van der Waals surface area contributed by atoms with E-state index < -0.39 is 0 Å². The fraction of sp³-hybridized carbons (Fsp3) is 0.391. The van der Waals surface area contributed by atoms with Crippen molar-refractivity contribution in [3.63, 3.8) is 0 Å². The maximum absolute atomic E-state index is 6.57. The monoisotopic (exact) mass is 417 g/mol. The summed E-state index contributed by atoms with van der Waals surface area (Å²) >= 11 is 0. The Labute approximate surface area is 178 Å². The highest BCUT2D eigenvalue weighted by Gasteiger charge is 2.54. The van der Waals surface area contributed by atoms with Crippen molar-refractivity contribution in [1.82, 2.24) is 23.5 Å². The Morgan fingerprint density at radius 2 is 1.77 bits per heavy atom. The first-order valence-electron chi connectivity index (χ1n) is 10.8. The van der Waals surface area contributed by atoms with Gasteiger partial charge in [-0.3, -0.25) is 4.40 Å². The first kappa shape index (κ1) is 17.3. The largest absolute Gasteiger partial charge is 0.325 e. The van der Waals surface area contributed by atoms with Crippen molar-refractivity contribution < 1.29 is 0 Å². The van der Waals surface area contributed by atoms with Crippen molar-refractivity contribution in [2.24, 2.45) is 5.73 Å². The minimum atomic E-state index is 0.00789. The molecule has 4 heterocycles. The van der Waals surface area contributed by atoms with E-state index in [1.54, 1.807) is 0 Å². The lowest BCUT2D eigenvalue weighted by molar-refractivity contribution is 0.0999. The SMILES string of the molecule is Cc1ccc(S2=C[N+]23C=Cc2c3ncc3nnc(C45CCC(N)(CC4)CC5)n23)cc1. The summed E-state index contributed by atoms with van der Waals surface area (Å²) in [6.45, 7) is 2.13. The molecule has 0 saturated heterocycles. The molecule has 8 rings (SSSR count). The average Bonchev–Trinajstić information content (AvgIpc) is 3.12. The molecular formula is C23H25N6S+. The highest BCUT2D eigenvalue weighted by Crippen LogP contribution is 2.57. The van der Waals surface area contributed by atoms with E-state index in [0.717, 1.165) is 65.4 Å². The number of hydrogen-bond donors (Lipinski definition) is 1. The Hall–Kier alpha value is -2.35. The van der Waals surface area contributed by atoms with Gasteiger partial charge in [-0.15, -0.1) is 10.2 Å². The van der Waals surface area contributed by atoms with Crippen molar-refractivity contribution >= 4 is 33.7 Å². The molecule has 2 bridgehead atoms. The molecule has 0 radical (unpaired) electrons. The van der Waals surface area contributed by atoms with Gasteiger partial charge in [0.1, 0.15) is 28.4 Å². The van der Waals surface area contributed by atoms with E-state index in [1.807, 2.05) is 6.20 Å². The minimum absolute atomic E-state index is 0.00789. The van der Waals surface area contributed by atoms with Crippen LogP contribution in [0.5, 0.6) is 0 Å². The van der Waals surface area contributed by atoms with Gasteiger partial charge in [0.25, 0.3) is 5.82 Å². The molecule has 6 nitrogen and oxygen atoms in total. The first-order valence-corrected chi connectivity index (χ1v) is 12.0. The Balaban J connectivity index is 1.34. The van der Waals surface area contributed by atoms with Crippen LogP contribution in [0, 0.1) is 6.92 Å². The van der Waals surface area contributed by atoms with Gasteiger partial charge in [0, 0.05) is 17.0 Å². The van der Waals surface area contributed by atoms with Gasteiger partial charge in [-0.25, -0.2) is 0 Å². The topological polar surface area (TPSA) is 69.1 Å². The van der Waals surface area contributed by atoms with Crippen molar-refractivity contribution in [3.8, 4) is 0 Å². The summed E-state index contributed by atoms with van der Waals surface area (Å²) in [5.74, 6) is 2.23. The van der Waals surface area contributed by atoms with E-state index in [9.17, 15) is 0 Å². The Kier molecular flexibility index (Phi) is 3.16. The van der Waals surface area contributed by atoms with Gasteiger partial charge in [-0.2, -0.15) is 8.87 Å². The van der Waals surface area contributed by atoms with E-state index in [4.69, 9.17) is 15.8 Å². The zero-order valence-corrected chi connectivity index (χ0v) is 17.9. The summed E-state index contributed by atoms with van der Waals surface area (Å²) < 4.78 is 3.02. The van der Waals surface area contributed by atoms with Crippen LogP contribution < -0.4 is 9.62 Å². The molecular weight excluding hydrogens is 392 g/mol. The molecule has 5 aliphatic rings. The third kappa shape index (κ3) is 2.12. The van der Waals surface area contributed by atoms with Crippen LogP contribution in [0.1, 0.15) is 55.6 Å². The predicted octanol–water partition coefficient (Wildman–Crippen LogP) is 4.04. The second-order valence-corrected chi connectivity index (χ2v) is 11.5. The third-order valence-electron chi connectivity index (χ3n) is 7.82. The molecule has 152 valence electrons. The number of benzene rings is 1. The van der Waals surface area contributed by atoms with Crippen molar-refractivity contribution in [3.05, 3.63) is 53.7 Å². The van der Waals surface area contributed by atoms with Gasteiger partial charge in [0.15, 0.2) is 5.65 Å². The van der Waals surface area contributed by atoms with Gasteiger partial charge in [-0.05, 0) is 57.6 Å². The van der Waals surface area contributed by atoms with E-state index in [2.05, 4.69) is 58.5 Å². The summed E-state index contributed by atoms with van der Waals surface area (Å²) in [6.07, 6.45) is 13.0. The molecule has 2 N–H and O–H groups in total. The Bertz CT molecular complexity index is 1260. The van der Waals surface area contributed by atoms with Crippen molar-refractivity contribution in [1.29, 1.82) is 0 Å². The first-order chi connectivity index (χ1) is 14.5. The van der Waals surface area contributed by atoms with Crippen LogP contribution in [0.15, 0.2) is 41.6 Å². The summed E-state index contributed by atoms with van der Waals surface area (Å²) in [5, 5.41) is 9.25. The normalized spacial score (nSPS) is 35.7. The van der Waals surface area contributed by atoms with Crippen LogP contribution in [-0.2, 0) is 5.41 Å². The summed E-state index contributed by atoms with van der Waals surface area (Å²) in [7, 11) is 0.00789. The van der Waals surface area contributed by atoms with Gasteiger partial charge >= 0.3 is 0 Å². The highest BCUT2D eigenvalue weighted by atomic mass is 32.2. The minimum Gasteiger partial charge on any atom is -0.325 e. The van der Waals surface area contributed by atoms with Gasteiger partial charge < -0.3 is 5.73 Å². The van der Waals surface area contributed by atoms with Gasteiger partial charge in [0.05, 0.1) is 11.1 Å². The lowest BCUT2D eigenvalue weighted by atomic mass is 9.57. The van der Waals surface area contributed by atoms with Crippen molar-refractivity contribution in [2.75, 3.05) is 0 Å². The molecule has 3 saturated carbocycles. The maximum Gasteiger partial charge on any atom is 0.274 e. The van der Waals surface area contributed by atoms with Crippen LogP contribution in [0.3, 0.4) is 0 Å². The maximum atomic E-state index is 6.57. The summed E-state index contributed by atoms with van der Waals surface area (Å²) in [6, 6.07) is 8.89. The molecule has 2 unspecified atom stereocenters. The second-order valence-electron chi connectivity index (χ2n) is 9.59.